The van der Waals surface area contributed by atoms with Gasteiger partial charge in [-0.2, -0.15) is 5.10 Å². The summed E-state index contributed by atoms with van der Waals surface area (Å²) >= 11 is 5.44. The van der Waals surface area contributed by atoms with E-state index in [1.54, 1.807) is 4.68 Å². The monoisotopic (exact) mass is 413 g/mol. The number of rotatable bonds is 4. The first-order valence-corrected chi connectivity index (χ1v) is 10.7. The second kappa shape index (κ2) is 8.95. The zero-order valence-electron chi connectivity index (χ0n) is 17.9. The van der Waals surface area contributed by atoms with Crippen molar-refractivity contribution in [2.75, 3.05) is 5.32 Å². The molecule has 1 aliphatic rings. The molecule has 3 rings (SSSR count). The minimum Gasteiger partial charge on any atom is -0.325 e. The summed E-state index contributed by atoms with van der Waals surface area (Å²) in [5, 5.41) is 8.03. The fourth-order valence-electron chi connectivity index (χ4n) is 4.06. The summed E-state index contributed by atoms with van der Waals surface area (Å²) in [4.78, 5) is 13.0. The maximum atomic E-state index is 13.0. The van der Waals surface area contributed by atoms with Crippen LogP contribution in [-0.4, -0.2) is 20.2 Å². The van der Waals surface area contributed by atoms with Gasteiger partial charge in [-0.1, -0.05) is 39.0 Å². The second-order valence-electron chi connectivity index (χ2n) is 8.34. The summed E-state index contributed by atoms with van der Waals surface area (Å²) in [5.74, 6) is 1.68. The minimum absolute atomic E-state index is 0.139. The largest absolute Gasteiger partial charge is 0.325 e. The minimum atomic E-state index is -0.139. The quantitative estimate of drug-likeness (QED) is 0.582. The normalized spacial score (nSPS) is 20.8. The molecule has 1 aromatic carbocycles. The molecule has 1 aliphatic carbocycles. The van der Waals surface area contributed by atoms with E-state index >= 15 is 0 Å². The molecule has 156 valence electrons. The number of nitrogens with zero attached hydrogens (tertiary/aromatic N) is 3. The lowest BCUT2D eigenvalue weighted by Gasteiger charge is -2.30. The molecule has 0 bridgehead atoms. The number of para-hydroxylation sites is 1. The van der Waals surface area contributed by atoms with Crippen LogP contribution >= 0.6 is 12.2 Å². The number of hydrogen-bond donors (Lipinski definition) is 2. The molecule has 1 fully saturated rings. The SMILES string of the molecule is Cc1c(NC(=S)NN=C2C[C@H](C)CC[C@H]2C(C)C)c(=O)n(-c2ccccc2)n1C. The molecule has 0 spiro atoms. The van der Waals surface area contributed by atoms with Crippen LogP contribution < -0.4 is 16.3 Å². The first kappa shape index (κ1) is 21.3. The molecule has 1 aromatic heterocycles. The van der Waals surface area contributed by atoms with E-state index in [1.165, 1.54) is 18.6 Å². The van der Waals surface area contributed by atoms with Gasteiger partial charge < -0.3 is 5.32 Å². The lowest BCUT2D eigenvalue weighted by Crippen LogP contribution is -2.33. The Morgan fingerprint density at radius 3 is 2.59 bits per heavy atom. The van der Waals surface area contributed by atoms with Crippen molar-refractivity contribution in [2.45, 2.75) is 47.0 Å². The lowest BCUT2D eigenvalue weighted by atomic mass is 9.76. The molecule has 6 nitrogen and oxygen atoms in total. The van der Waals surface area contributed by atoms with E-state index < -0.39 is 0 Å². The third-order valence-corrected chi connectivity index (χ3v) is 6.05. The van der Waals surface area contributed by atoms with Crippen LogP contribution in [0.2, 0.25) is 0 Å². The first-order valence-electron chi connectivity index (χ1n) is 10.3. The van der Waals surface area contributed by atoms with Crippen LogP contribution in [0.25, 0.3) is 5.69 Å². The molecule has 0 unspecified atom stereocenters. The number of nitrogens with one attached hydrogen (secondary N) is 2. The molecule has 2 atom stereocenters. The fourth-order valence-corrected chi connectivity index (χ4v) is 4.21. The average molecular weight is 414 g/mol. The van der Waals surface area contributed by atoms with Crippen molar-refractivity contribution in [3.63, 3.8) is 0 Å². The Labute approximate surface area is 178 Å². The molecule has 7 heteroatoms. The molecule has 0 radical (unpaired) electrons. The number of hydrogen-bond acceptors (Lipinski definition) is 3. The van der Waals surface area contributed by atoms with Crippen LogP contribution in [0.5, 0.6) is 0 Å². The van der Waals surface area contributed by atoms with Gasteiger partial charge in [0.25, 0.3) is 5.56 Å². The molecule has 1 saturated carbocycles. The van der Waals surface area contributed by atoms with E-state index in [-0.39, 0.29) is 5.56 Å². The van der Waals surface area contributed by atoms with E-state index in [9.17, 15) is 4.79 Å². The molecule has 29 heavy (non-hydrogen) atoms. The Morgan fingerprint density at radius 1 is 1.24 bits per heavy atom. The zero-order chi connectivity index (χ0) is 21.1. The second-order valence-corrected chi connectivity index (χ2v) is 8.75. The van der Waals surface area contributed by atoms with Gasteiger partial charge in [0, 0.05) is 18.7 Å². The van der Waals surface area contributed by atoms with Crippen LogP contribution in [0, 0.1) is 24.7 Å². The molecule has 1 heterocycles. The summed E-state index contributed by atoms with van der Waals surface area (Å²) in [6, 6.07) is 9.57. The van der Waals surface area contributed by atoms with Crippen molar-refractivity contribution < 1.29 is 0 Å². The predicted octanol–water partition coefficient (Wildman–Crippen LogP) is 4.22. The fraction of sp³-hybridized carbons (Fsp3) is 0.500. The number of thiocarbonyl (C=S) groups is 1. The lowest BCUT2D eigenvalue weighted by molar-refractivity contribution is 0.363. The topological polar surface area (TPSA) is 63.4 Å². The highest BCUT2D eigenvalue weighted by atomic mass is 32.1. The highest BCUT2D eigenvalue weighted by molar-refractivity contribution is 7.80. The van der Waals surface area contributed by atoms with Crippen LogP contribution in [0.3, 0.4) is 0 Å². The highest BCUT2D eigenvalue weighted by Crippen LogP contribution is 2.31. The van der Waals surface area contributed by atoms with Crippen LogP contribution in [0.1, 0.15) is 45.7 Å². The first-order chi connectivity index (χ1) is 13.8. The van der Waals surface area contributed by atoms with Crippen molar-refractivity contribution in [1.29, 1.82) is 0 Å². The van der Waals surface area contributed by atoms with Crippen LogP contribution in [-0.2, 0) is 7.05 Å². The van der Waals surface area contributed by atoms with Crippen molar-refractivity contribution in [2.24, 2.45) is 29.9 Å². The third-order valence-electron chi connectivity index (χ3n) is 5.85. The van der Waals surface area contributed by atoms with Gasteiger partial charge >= 0.3 is 0 Å². The van der Waals surface area contributed by atoms with Crippen LogP contribution in [0.4, 0.5) is 5.69 Å². The summed E-state index contributed by atoms with van der Waals surface area (Å²) in [6.07, 6.45) is 3.40. The van der Waals surface area contributed by atoms with Gasteiger partial charge in [0.2, 0.25) is 0 Å². The standard InChI is InChI=1S/C22H31N5OS/c1-14(2)18-12-11-15(3)13-19(18)24-25-22(29)23-20-16(4)26(5)27(21(20)28)17-9-7-6-8-10-17/h6-10,14-15,18H,11-13H2,1-5H3,(H2,23,25,29)/t15-,18+/m1/s1. The molecule has 0 amide bonds. The molecular weight excluding hydrogens is 382 g/mol. The van der Waals surface area contributed by atoms with E-state index in [0.29, 0.717) is 28.6 Å². The zero-order valence-corrected chi connectivity index (χ0v) is 18.7. The summed E-state index contributed by atoms with van der Waals surface area (Å²) in [6.45, 7) is 8.65. The van der Waals surface area contributed by atoms with Gasteiger partial charge in [-0.15, -0.1) is 0 Å². The Balaban J connectivity index is 1.78. The van der Waals surface area contributed by atoms with E-state index in [4.69, 9.17) is 12.2 Å². The Bertz CT molecular complexity index is 958. The van der Waals surface area contributed by atoms with E-state index in [0.717, 1.165) is 17.8 Å². The number of hydrazone groups is 1. The van der Waals surface area contributed by atoms with Crippen molar-refractivity contribution in [1.82, 2.24) is 14.8 Å². The molecule has 0 aliphatic heterocycles. The number of benzene rings is 1. The Kier molecular flexibility index (Phi) is 6.57. The summed E-state index contributed by atoms with van der Waals surface area (Å²) < 4.78 is 3.45. The predicted molar refractivity (Wildman–Crippen MR) is 124 cm³/mol. The Hall–Kier alpha value is -2.41. The number of aromatic nitrogens is 2. The number of anilines is 1. The van der Waals surface area contributed by atoms with E-state index in [1.807, 2.05) is 49.0 Å². The van der Waals surface area contributed by atoms with Crippen LogP contribution in [0.15, 0.2) is 40.2 Å². The summed E-state index contributed by atoms with van der Waals surface area (Å²) in [7, 11) is 1.86. The van der Waals surface area contributed by atoms with Crippen molar-refractivity contribution in [3.05, 3.63) is 46.4 Å². The van der Waals surface area contributed by atoms with Gasteiger partial charge in [0.15, 0.2) is 5.11 Å². The van der Waals surface area contributed by atoms with Gasteiger partial charge in [-0.25, -0.2) is 4.68 Å². The van der Waals surface area contributed by atoms with Gasteiger partial charge in [-0.05, 0) is 62.4 Å². The molecule has 2 aromatic rings. The molecular formula is C22H31N5OS. The highest BCUT2D eigenvalue weighted by Gasteiger charge is 2.27. The third kappa shape index (κ3) is 4.61. The van der Waals surface area contributed by atoms with Gasteiger partial charge in [0.1, 0.15) is 5.69 Å². The van der Waals surface area contributed by atoms with Crippen molar-refractivity contribution >= 4 is 28.7 Å². The Morgan fingerprint density at radius 2 is 1.93 bits per heavy atom. The van der Waals surface area contributed by atoms with Gasteiger partial charge in [0.05, 0.1) is 11.4 Å². The van der Waals surface area contributed by atoms with E-state index in [2.05, 4.69) is 36.6 Å². The summed E-state index contributed by atoms with van der Waals surface area (Å²) in [5.41, 5.74) is 6.10. The van der Waals surface area contributed by atoms with Crippen molar-refractivity contribution in [3.8, 4) is 5.69 Å². The van der Waals surface area contributed by atoms with Gasteiger partial charge in [-0.3, -0.25) is 14.9 Å². The smallest absolute Gasteiger partial charge is 0.295 e. The maximum Gasteiger partial charge on any atom is 0.295 e. The molecule has 0 saturated heterocycles. The average Bonchev–Trinajstić information content (AvgIpc) is 2.90. The molecule has 2 N–H and O–H groups in total. The maximum absolute atomic E-state index is 13.0.